The van der Waals surface area contributed by atoms with Crippen LogP contribution in [0.4, 0.5) is 35.1 Å². The third-order valence-electron chi connectivity index (χ3n) is 5.88. The van der Waals surface area contributed by atoms with E-state index in [4.69, 9.17) is 0 Å². The van der Waals surface area contributed by atoms with Crippen molar-refractivity contribution in [1.29, 1.82) is 0 Å². The fourth-order valence-electron chi connectivity index (χ4n) is 4.13. The second-order valence-corrected chi connectivity index (χ2v) is 8.25. The highest BCUT2D eigenvalue weighted by Crippen LogP contribution is 2.39. The van der Waals surface area contributed by atoms with Crippen molar-refractivity contribution in [3.05, 3.63) is 45.9 Å². The van der Waals surface area contributed by atoms with E-state index in [-0.39, 0.29) is 11.4 Å². The summed E-state index contributed by atoms with van der Waals surface area (Å²) in [5.41, 5.74) is -2.03. The zero-order valence-electron chi connectivity index (χ0n) is 17.2. The number of aromatic nitrogens is 4. The first-order valence-corrected chi connectivity index (χ1v) is 10.1. The molecule has 4 unspecified atom stereocenters. The number of carbonyl (C=O) groups excluding carboxylic acids is 1. The Kier molecular flexibility index (Phi) is 5.92. The standard InChI is InChI=1S/C19H17F8N5O2/c20-11-7-30(8-12(11)21)16(33)13-3-10(18(22,23)24)4-15-29-31(17(34)32(13)15)6-9-1-2-14(28-5-9)19(25,26)27/h1-2,5,10-13H,3-4,6-8H2. The van der Waals surface area contributed by atoms with Crippen LogP contribution >= 0.6 is 0 Å². The quantitative estimate of drug-likeness (QED) is 0.609. The molecule has 0 aromatic carbocycles. The average Bonchev–Trinajstić information content (AvgIpc) is 3.25. The average molecular weight is 499 g/mol. The van der Waals surface area contributed by atoms with E-state index in [1.165, 1.54) is 0 Å². The molecule has 0 bridgehead atoms. The van der Waals surface area contributed by atoms with Crippen molar-refractivity contribution in [3.8, 4) is 0 Å². The normalized spacial score (nSPS) is 25.5. The molecule has 34 heavy (non-hydrogen) atoms. The van der Waals surface area contributed by atoms with Gasteiger partial charge in [-0.15, -0.1) is 0 Å². The molecule has 2 aliphatic rings. The number of pyridine rings is 1. The molecule has 0 N–H and O–H groups in total. The molecule has 1 amide bonds. The van der Waals surface area contributed by atoms with Crippen molar-refractivity contribution in [2.24, 2.45) is 5.92 Å². The van der Waals surface area contributed by atoms with Crippen LogP contribution in [0, 0.1) is 5.92 Å². The Morgan fingerprint density at radius 3 is 2.24 bits per heavy atom. The summed E-state index contributed by atoms with van der Waals surface area (Å²) >= 11 is 0. The van der Waals surface area contributed by atoms with Crippen LogP contribution in [0.2, 0.25) is 0 Å². The Morgan fingerprint density at radius 2 is 1.71 bits per heavy atom. The molecule has 1 saturated heterocycles. The van der Waals surface area contributed by atoms with Crippen LogP contribution in [0.3, 0.4) is 0 Å². The first-order chi connectivity index (χ1) is 15.8. The number of alkyl halides is 8. The van der Waals surface area contributed by atoms with Gasteiger partial charge in [-0.05, 0) is 18.1 Å². The van der Waals surface area contributed by atoms with Gasteiger partial charge in [-0.1, -0.05) is 6.07 Å². The Bertz CT molecular complexity index is 1110. The highest BCUT2D eigenvalue weighted by molar-refractivity contribution is 5.81. The predicted molar refractivity (Wildman–Crippen MR) is 98.1 cm³/mol. The maximum absolute atomic E-state index is 13.6. The molecule has 7 nitrogen and oxygen atoms in total. The van der Waals surface area contributed by atoms with Crippen molar-refractivity contribution in [1.82, 2.24) is 24.2 Å². The molecule has 0 spiro atoms. The summed E-state index contributed by atoms with van der Waals surface area (Å²) in [5, 5.41) is 3.87. The maximum atomic E-state index is 13.6. The highest BCUT2D eigenvalue weighted by Gasteiger charge is 2.49. The lowest BCUT2D eigenvalue weighted by Gasteiger charge is -2.32. The zero-order chi connectivity index (χ0) is 25.0. The van der Waals surface area contributed by atoms with Gasteiger partial charge in [0.1, 0.15) is 17.6 Å². The summed E-state index contributed by atoms with van der Waals surface area (Å²) < 4.78 is 107. The van der Waals surface area contributed by atoms with Crippen molar-refractivity contribution in [2.45, 2.75) is 50.1 Å². The van der Waals surface area contributed by atoms with Crippen LogP contribution in [0.25, 0.3) is 0 Å². The van der Waals surface area contributed by atoms with E-state index in [0.29, 0.717) is 6.07 Å². The van der Waals surface area contributed by atoms with Crippen LogP contribution in [-0.4, -0.2) is 61.7 Å². The van der Waals surface area contributed by atoms with E-state index >= 15 is 0 Å². The number of hydrogen-bond donors (Lipinski definition) is 0. The van der Waals surface area contributed by atoms with Crippen LogP contribution in [0.5, 0.6) is 0 Å². The molecule has 4 rings (SSSR count). The van der Waals surface area contributed by atoms with Gasteiger partial charge >= 0.3 is 18.0 Å². The summed E-state index contributed by atoms with van der Waals surface area (Å²) in [4.78, 5) is 29.8. The minimum Gasteiger partial charge on any atom is -0.335 e. The first kappa shape index (κ1) is 24.1. The van der Waals surface area contributed by atoms with Crippen LogP contribution in [0.1, 0.15) is 29.5 Å². The third kappa shape index (κ3) is 4.51. The Morgan fingerprint density at radius 1 is 1.06 bits per heavy atom. The van der Waals surface area contributed by atoms with E-state index in [1.54, 1.807) is 0 Å². The van der Waals surface area contributed by atoms with Crippen molar-refractivity contribution in [2.75, 3.05) is 13.1 Å². The van der Waals surface area contributed by atoms with Crippen molar-refractivity contribution >= 4 is 5.91 Å². The van der Waals surface area contributed by atoms with Gasteiger partial charge < -0.3 is 4.90 Å². The SMILES string of the molecule is O=C(C1CC(C(F)(F)F)Cc2nn(Cc3ccc(C(F)(F)F)nc3)c(=O)n21)N1CC(F)C(F)C1. The molecule has 1 fully saturated rings. The summed E-state index contributed by atoms with van der Waals surface area (Å²) in [6, 6.07) is 0.0329. The van der Waals surface area contributed by atoms with Gasteiger partial charge in [0, 0.05) is 12.6 Å². The fraction of sp³-hybridized carbons (Fsp3) is 0.579. The molecule has 4 atom stereocenters. The Balaban J connectivity index is 1.66. The number of nitrogens with zero attached hydrogens (tertiary/aromatic N) is 5. The lowest BCUT2D eigenvalue weighted by atomic mass is 9.91. The minimum absolute atomic E-state index is 0.112. The number of halogens is 8. The zero-order valence-corrected chi connectivity index (χ0v) is 17.2. The van der Waals surface area contributed by atoms with Crippen LogP contribution in [-0.2, 0) is 23.9 Å². The second kappa shape index (κ2) is 8.34. The molecule has 0 aliphatic carbocycles. The second-order valence-electron chi connectivity index (χ2n) is 8.25. The molecule has 2 aromatic heterocycles. The van der Waals surface area contributed by atoms with Gasteiger partial charge in [0.2, 0.25) is 5.91 Å². The minimum atomic E-state index is -4.72. The summed E-state index contributed by atoms with van der Waals surface area (Å²) in [6.07, 6.45) is -14.1. The van der Waals surface area contributed by atoms with Crippen molar-refractivity contribution < 1.29 is 39.9 Å². The number of rotatable bonds is 3. The van der Waals surface area contributed by atoms with Gasteiger partial charge in [0.25, 0.3) is 0 Å². The lowest BCUT2D eigenvalue weighted by molar-refractivity contribution is -0.183. The van der Waals surface area contributed by atoms with Crippen LogP contribution < -0.4 is 5.69 Å². The molecule has 2 aromatic rings. The molecule has 0 saturated carbocycles. The van der Waals surface area contributed by atoms with Gasteiger partial charge in [-0.2, -0.15) is 31.4 Å². The molecule has 0 radical (unpaired) electrons. The molecule has 15 heteroatoms. The molecular weight excluding hydrogens is 482 g/mol. The van der Waals surface area contributed by atoms with E-state index in [1.807, 2.05) is 0 Å². The highest BCUT2D eigenvalue weighted by atomic mass is 19.4. The third-order valence-corrected chi connectivity index (χ3v) is 5.88. The number of carbonyl (C=O) groups is 1. The van der Waals surface area contributed by atoms with E-state index in [9.17, 15) is 44.7 Å². The van der Waals surface area contributed by atoms with Gasteiger partial charge in [0.05, 0.1) is 25.6 Å². The van der Waals surface area contributed by atoms with Crippen LogP contribution in [0.15, 0.2) is 23.1 Å². The maximum Gasteiger partial charge on any atom is 0.433 e. The first-order valence-electron chi connectivity index (χ1n) is 10.1. The number of amides is 1. The molecular formula is C19H17F8N5O2. The lowest BCUT2D eigenvalue weighted by Crippen LogP contribution is -2.45. The van der Waals surface area contributed by atoms with Crippen molar-refractivity contribution in [3.63, 3.8) is 0 Å². The Labute approximate surface area is 186 Å². The van der Waals surface area contributed by atoms with E-state index in [0.717, 1.165) is 26.4 Å². The predicted octanol–water partition coefficient (Wildman–Crippen LogP) is 2.69. The smallest absolute Gasteiger partial charge is 0.335 e. The fourth-order valence-corrected chi connectivity index (χ4v) is 4.13. The summed E-state index contributed by atoms with van der Waals surface area (Å²) in [5.74, 6) is -3.41. The number of hydrogen-bond acceptors (Lipinski definition) is 4. The van der Waals surface area contributed by atoms with Gasteiger partial charge in [-0.3, -0.25) is 14.3 Å². The molecule has 2 aliphatic heterocycles. The number of fused-ring (bicyclic) bond motifs is 1. The van der Waals surface area contributed by atoms with Gasteiger partial charge in [0.15, 0.2) is 12.3 Å². The van der Waals surface area contributed by atoms with Gasteiger partial charge in [-0.25, -0.2) is 18.3 Å². The number of likely N-dealkylation sites (tertiary alicyclic amines) is 1. The monoisotopic (exact) mass is 499 g/mol. The summed E-state index contributed by atoms with van der Waals surface area (Å²) in [6.45, 7) is -1.71. The molecule has 186 valence electrons. The largest absolute Gasteiger partial charge is 0.433 e. The van der Waals surface area contributed by atoms with E-state index in [2.05, 4.69) is 10.1 Å². The topological polar surface area (TPSA) is 73.0 Å². The summed E-state index contributed by atoms with van der Waals surface area (Å²) in [7, 11) is 0. The molecule has 4 heterocycles. The van der Waals surface area contributed by atoms with E-state index < -0.39 is 86.4 Å². The Hall–Kier alpha value is -3.00.